The van der Waals surface area contributed by atoms with Gasteiger partial charge in [-0.05, 0) is 37.3 Å². The van der Waals surface area contributed by atoms with Gasteiger partial charge in [0.1, 0.15) is 5.54 Å². The molecule has 0 radical (unpaired) electrons. The number of rotatable bonds is 2. The molecule has 1 aliphatic rings. The Morgan fingerprint density at radius 2 is 2.22 bits per heavy atom. The average molecular weight is 249 g/mol. The molecule has 0 bridgehead atoms. The first-order valence-electron chi connectivity index (χ1n) is 6.41. The highest BCUT2D eigenvalue weighted by Crippen LogP contribution is 2.39. The molecule has 1 saturated carbocycles. The monoisotopic (exact) mass is 249 g/mol. The number of carbonyl (C=O) groups is 1. The first-order valence-corrected chi connectivity index (χ1v) is 6.41. The molecular formula is C14H19NO3. The molecule has 18 heavy (non-hydrogen) atoms. The third-order valence-electron chi connectivity index (χ3n) is 4.14. The molecule has 1 N–H and O–H groups in total. The third-order valence-corrected chi connectivity index (χ3v) is 4.14. The summed E-state index contributed by atoms with van der Waals surface area (Å²) in [4.78, 5) is 23.9. The Hall–Kier alpha value is -1.58. The molecule has 98 valence electrons. The van der Waals surface area contributed by atoms with Crippen LogP contribution in [0.4, 0.5) is 0 Å². The molecule has 1 aliphatic carbocycles. The topological polar surface area (TPSA) is 59.3 Å². The van der Waals surface area contributed by atoms with E-state index in [9.17, 15) is 14.7 Å². The Labute approximate surface area is 106 Å². The van der Waals surface area contributed by atoms with E-state index in [-0.39, 0.29) is 11.5 Å². The van der Waals surface area contributed by atoms with Crippen LogP contribution in [-0.2, 0) is 10.3 Å². The third kappa shape index (κ3) is 1.85. The summed E-state index contributed by atoms with van der Waals surface area (Å²) in [6.07, 6.45) is 4.92. The highest BCUT2D eigenvalue weighted by atomic mass is 16.4. The summed E-state index contributed by atoms with van der Waals surface area (Å²) in [7, 11) is 0. The summed E-state index contributed by atoms with van der Waals surface area (Å²) in [5.74, 6) is -0.912. The van der Waals surface area contributed by atoms with Gasteiger partial charge in [0.05, 0.1) is 0 Å². The minimum absolute atomic E-state index is 0.0239. The van der Waals surface area contributed by atoms with Crippen molar-refractivity contribution < 1.29 is 9.90 Å². The Balaban J connectivity index is 2.60. The Kier molecular flexibility index (Phi) is 3.28. The van der Waals surface area contributed by atoms with Crippen LogP contribution >= 0.6 is 0 Å². The SMILES string of the molecule is Cc1ccn(C2(C(=O)O)CCCCC2C)c(=O)c1. The molecular weight excluding hydrogens is 230 g/mol. The molecule has 2 atom stereocenters. The fourth-order valence-electron chi connectivity index (χ4n) is 3.02. The van der Waals surface area contributed by atoms with Gasteiger partial charge in [-0.1, -0.05) is 19.8 Å². The van der Waals surface area contributed by atoms with Crippen molar-refractivity contribution in [3.05, 3.63) is 34.2 Å². The Morgan fingerprint density at radius 3 is 2.78 bits per heavy atom. The first-order chi connectivity index (χ1) is 8.48. The van der Waals surface area contributed by atoms with Crippen molar-refractivity contribution in [1.82, 2.24) is 4.57 Å². The van der Waals surface area contributed by atoms with Crippen LogP contribution in [0.2, 0.25) is 0 Å². The van der Waals surface area contributed by atoms with E-state index in [1.165, 1.54) is 10.6 Å². The number of carboxylic acids is 1. The van der Waals surface area contributed by atoms with E-state index in [4.69, 9.17) is 0 Å². The summed E-state index contributed by atoms with van der Waals surface area (Å²) < 4.78 is 1.42. The quantitative estimate of drug-likeness (QED) is 0.873. The summed E-state index contributed by atoms with van der Waals surface area (Å²) >= 11 is 0. The van der Waals surface area contributed by atoms with Gasteiger partial charge in [-0.15, -0.1) is 0 Å². The van der Waals surface area contributed by atoms with Crippen molar-refractivity contribution in [2.75, 3.05) is 0 Å². The molecule has 0 saturated heterocycles. The van der Waals surface area contributed by atoms with E-state index < -0.39 is 11.5 Å². The van der Waals surface area contributed by atoms with Crippen LogP contribution in [0.15, 0.2) is 23.1 Å². The second-order valence-corrected chi connectivity index (χ2v) is 5.29. The zero-order valence-electron chi connectivity index (χ0n) is 10.8. The van der Waals surface area contributed by atoms with Gasteiger partial charge in [-0.25, -0.2) is 4.79 Å². The molecule has 0 aliphatic heterocycles. The second-order valence-electron chi connectivity index (χ2n) is 5.29. The number of nitrogens with zero attached hydrogens (tertiary/aromatic N) is 1. The van der Waals surface area contributed by atoms with Crippen molar-refractivity contribution in [3.8, 4) is 0 Å². The van der Waals surface area contributed by atoms with Crippen LogP contribution in [0.5, 0.6) is 0 Å². The van der Waals surface area contributed by atoms with Crippen LogP contribution in [0.1, 0.15) is 38.2 Å². The summed E-state index contributed by atoms with van der Waals surface area (Å²) in [5, 5.41) is 9.65. The highest BCUT2D eigenvalue weighted by Gasteiger charge is 2.47. The Morgan fingerprint density at radius 1 is 1.50 bits per heavy atom. The Bertz CT molecular complexity index is 520. The summed E-state index contributed by atoms with van der Waals surface area (Å²) in [6, 6.07) is 3.30. The minimum Gasteiger partial charge on any atom is -0.479 e. The maximum Gasteiger partial charge on any atom is 0.330 e. The maximum absolute atomic E-state index is 12.1. The molecule has 2 rings (SSSR count). The van der Waals surface area contributed by atoms with E-state index >= 15 is 0 Å². The lowest BCUT2D eigenvalue weighted by molar-refractivity contribution is -0.153. The van der Waals surface area contributed by atoms with Gasteiger partial charge in [-0.2, -0.15) is 0 Å². The van der Waals surface area contributed by atoms with Gasteiger partial charge < -0.3 is 5.11 Å². The van der Waals surface area contributed by atoms with Crippen molar-refractivity contribution in [2.24, 2.45) is 5.92 Å². The van der Waals surface area contributed by atoms with Crippen LogP contribution in [0.25, 0.3) is 0 Å². The normalized spacial score (nSPS) is 28.0. The largest absolute Gasteiger partial charge is 0.479 e. The predicted octanol–water partition coefficient (Wildman–Crippen LogP) is 2.15. The van der Waals surface area contributed by atoms with E-state index in [0.717, 1.165) is 24.8 Å². The van der Waals surface area contributed by atoms with Crippen LogP contribution < -0.4 is 5.56 Å². The van der Waals surface area contributed by atoms with Gasteiger partial charge in [-0.3, -0.25) is 9.36 Å². The van der Waals surface area contributed by atoms with E-state index in [0.29, 0.717) is 6.42 Å². The van der Waals surface area contributed by atoms with Gasteiger partial charge in [0.25, 0.3) is 5.56 Å². The molecule has 1 aromatic rings. The van der Waals surface area contributed by atoms with Gasteiger partial charge in [0.2, 0.25) is 0 Å². The van der Waals surface area contributed by atoms with E-state index in [2.05, 4.69) is 0 Å². The van der Waals surface area contributed by atoms with Gasteiger partial charge >= 0.3 is 5.97 Å². The predicted molar refractivity (Wildman–Crippen MR) is 68.7 cm³/mol. The van der Waals surface area contributed by atoms with E-state index in [1.807, 2.05) is 13.8 Å². The molecule has 4 nitrogen and oxygen atoms in total. The zero-order chi connectivity index (χ0) is 13.3. The number of hydrogen-bond donors (Lipinski definition) is 1. The molecule has 2 unspecified atom stereocenters. The summed E-state index contributed by atoms with van der Waals surface area (Å²) in [6.45, 7) is 3.77. The smallest absolute Gasteiger partial charge is 0.330 e. The van der Waals surface area contributed by atoms with Crippen molar-refractivity contribution in [1.29, 1.82) is 0 Å². The van der Waals surface area contributed by atoms with Crippen molar-refractivity contribution in [3.63, 3.8) is 0 Å². The molecule has 0 spiro atoms. The number of pyridine rings is 1. The number of hydrogen-bond acceptors (Lipinski definition) is 2. The fourth-order valence-corrected chi connectivity index (χ4v) is 3.02. The molecule has 1 aromatic heterocycles. The maximum atomic E-state index is 12.1. The van der Waals surface area contributed by atoms with Gasteiger partial charge in [0, 0.05) is 12.3 Å². The number of carboxylic acid groups (broad SMARTS) is 1. The standard InChI is InChI=1S/C14H19NO3/c1-10-6-8-15(12(16)9-10)14(13(17)18)7-4-3-5-11(14)2/h6,8-9,11H,3-5,7H2,1-2H3,(H,17,18). The van der Waals surface area contributed by atoms with Crippen LogP contribution in [0, 0.1) is 12.8 Å². The number of aliphatic carboxylic acids is 1. The zero-order valence-corrected chi connectivity index (χ0v) is 10.8. The number of aryl methyl sites for hydroxylation is 1. The lowest BCUT2D eigenvalue weighted by atomic mass is 9.73. The lowest BCUT2D eigenvalue weighted by Gasteiger charge is -2.40. The highest BCUT2D eigenvalue weighted by molar-refractivity contribution is 5.77. The number of aromatic nitrogens is 1. The van der Waals surface area contributed by atoms with Crippen molar-refractivity contribution >= 4 is 5.97 Å². The van der Waals surface area contributed by atoms with Crippen LogP contribution in [0.3, 0.4) is 0 Å². The van der Waals surface area contributed by atoms with Crippen molar-refractivity contribution in [2.45, 2.75) is 45.1 Å². The molecule has 1 fully saturated rings. The van der Waals surface area contributed by atoms with Crippen LogP contribution in [-0.4, -0.2) is 15.6 Å². The molecule has 1 heterocycles. The average Bonchev–Trinajstić information content (AvgIpc) is 2.30. The molecule has 4 heteroatoms. The van der Waals surface area contributed by atoms with E-state index in [1.54, 1.807) is 12.3 Å². The molecule has 0 amide bonds. The lowest BCUT2D eigenvalue weighted by Crippen LogP contribution is -2.53. The first kappa shape index (κ1) is 12.9. The fraction of sp³-hybridized carbons (Fsp3) is 0.571. The minimum atomic E-state index is -1.07. The summed E-state index contributed by atoms with van der Waals surface area (Å²) in [5.41, 5.74) is -0.422. The van der Waals surface area contributed by atoms with Gasteiger partial charge in [0.15, 0.2) is 0 Å². The second kappa shape index (κ2) is 4.59. The molecule has 0 aromatic carbocycles.